The lowest BCUT2D eigenvalue weighted by atomic mass is 10.1. The van der Waals surface area contributed by atoms with Crippen LogP contribution in [0.1, 0.15) is 24.3 Å². The van der Waals surface area contributed by atoms with Gasteiger partial charge in [0.1, 0.15) is 4.83 Å². The first-order valence-electron chi connectivity index (χ1n) is 7.63. The van der Waals surface area contributed by atoms with E-state index in [0.29, 0.717) is 5.92 Å². The third kappa shape index (κ3) is 2.64. The van der Waals surface area contributed by atoms with E-state index in [0.717, 1.165) is 26.8 Å². The fourth-order valence-electron chi connectivity index (χ4n) is 2.72. The second-order valence-corrected chi connectivity index (χ2v) is 7.46. The van der Waals surface area contributed by atoms with Gasteiger partial charge in [0.25, 0.3) is 5.56 Å². The smallest absolute Gasteiger partial charge is 0.267 e. The molecule has 3 aromatic rings. The summed E-state index contributed by atoms with van der Waals surface area (Å²) in [6.07, 6.45) is 4.20. The number of fused-ring (bicyclic) bond motifs is 1. The SMILES string of the molecule is C=CCSc1nc2scc(C3CC3)c2c(=O)n1-c1ccccc1. The Bertz CT molecular complexity index is 923. The standard InChI is InChI=1S/C18H16N2OS2/c1-2-10-22-18-19-16-15(14(11-23-16)12-8-9-12)17(21)20(18)13-6-4-3-5-7-13/h2-7,11-12H,1,8-10H2. The van der Waals surface area contributed by atoms with Crippen molar-refractivity contribution in [2.75, 3.05) is 5.75 Å². The van der Waals surface area contributed by atoms with Crippen molar-refractivity contribution in [2.45, 2.75) is 23.9 Å². The van der Waals surface area contributed by atoms with Gasteiger partial charge in [-0.15, -0.1) is 17.9 Å². The monoisotopic (exact) mass is 340 g/mol. The highest BCUT2D eigenvalue weighted by atomic mass is 32.2. The van der Waals surface area contributed by atoms with Gasteiger partial charge in [-0.1, -0.05) is 36.0 Å². The first-order chi connectivity index (χ1) is 11.3. The van der Waals surface area contributed by atoms with Gasteiger partial charge in [0.15, 0.2) is 5.16 Å². The van der Waals surface area contributed by atoms with E-state index in [2.05, 4.69) is 12.0 Å². The van der Waals surface area contributed by atoms with Crippen LogP contribution in [0, 0.1) is 0 Å². The van der Waals surface area contributed by atoms with Crippen LogP contribution in [0.15, 0.2) is 58.3 Å². The average molecular weight is 340 g/mol. The maximum absolute atomic E-state index is 13.2. The van der Waals surface area contributed by atoms with E-state index in [4.69, 9.17) is 4.98 Å². The van der Waals surface area contributed by atoms with Crippen molar-refractivity contribution in [3.05, 3.63) is 64.3 Å². The maximum Gasteiger partial charge on any atom is 0.267 e. The molecule has 0 spiro atoms. The quantitative estimate of drug-likeness (QED) is 0.387. The van der Waals surface area contributed by atoms with E-state index in [1.165, 1.54) is 18.4 Å². The molecule has 0 radical (unpaired) electrons. The van der Waals surface area contributed by atoms with Crippen molar-refractivity contribution < 1.29 is 0 Å². The van der Waals surface area contributed by atoms with Gasteiger partial charge in [-0.05, 0) is 41.8 Å². The summed E-state index contributed by atoms with van der Waals surface area (Å²) in [5.41, 5.74) is 2.11. The Morgan fingerprint density at radius 1 is 1.35 bits per heavy atom. The van der Waals surface area contributed by atoms with Crippen molar-refractivity contribution in [1.29, 1.82) is 0 Å². The van der Waals surface area contributed by atoms with Crippen molar-refractivity contribution in [1.82, 2.24) is 9.55 Å². The number of thioether (sulfide) groups is 1. The Morgan fingerprint density at radius 3 is 2.83 bits per heavy atom. The van der Waals surface area contributed by atoms with Crippen LogP contribution < -0.4 is 5.56 Å². The summed E-state index contributed by atoms with van der Waals surface area (Å²) in [7, 11) is 0. The third-order valence-electron chi connectivity index (χ3n) is 3.97. The van der Waals surface area contributed by atoms with Gasteiger partial charge in [0, 0.05) is 5.75 Å². The van der Waals surface area contributed by atoms with E-state index in [9.17, 15) is 4.79 Å². The summed E-state index contributed by atoms with van der Waals surface area (Å²) in [6, 6.07) is 9.76. The Labute approximate surface area is 142 Å². The van der Waals surface area contributed by atoms with E-state index in [1.54, 1.807) is 27.7 Å². The molecule has 1 aliphatic carbocycles. The fourth-order valence-corrected chi connectivity index (χ4v) is 4.53. The molecule has 0 bridgehead atoms. The van der Waals surface area contributed by atoms with Crippen molar-refractivity contribution in [2.24, 2.45) is 0 Å². The number of aromatic nitrogens is 2. The van der Waals surface area contributed by atoms with Crippen molar-refractivity contribution in [3.8, 4) is 5.69 Å². The van der Waals surface area contributed by atoms with E-state index in [1.807, 2.05) is 36.4 Å². The van der Waals surface area contributed by atoms with Gasteiger partial charge >= 0.3 is 0 Å². The molecular weight excluding hydrogens is 324 g/mol. The lowest BCUT2D eigenvalue weighted by Crippen LogP contribution is -2.21. The maximum atomic E-state index is 13.2. The molecule has 1 saturated carbocycles. The minimum absolute atomic E-state index is 0.0518. The fraction of sp³-hybridized carbons (Fsp3) is 0.222. The summed E-state index contributed by atoms with van der Waals surface area (Å²) in [4.78, 5) is 18.9. The first kappa shape index (κ1) is 14.7. The van der Waals surface area contributed by atoms with Gasteiger partial charge in [0.05, 0.1) is 11.1 Å². The normalized spacial score (nSPS) is 14.3. The molecule has 4 rings (SSSR count). The van der Waals surface area contributed by atoms with Gasteiger partial charge in [0.2, 0.25) is 0 Å². The lowest BCUT2D eigenvalue weighted by molar-refractivity contribution is 0.822. The summed E-state index contributed by atoms with van der Waals surface area (Å²) in [5, 5.41) is 3.66. The summed E-state index contributed by atoms with van der Waals surface area (Å²) >= 11 is 3.13. The van der Waals surface area contributed by atoms with E-state index in [-0.39, 0.29) is 5.56 Å². The molecule has 0 N–H and O–H groups in total. The number of nitrogens with zero attached hydrogens (tertiary/aromatic N) is 2. The second kappa shape index (κ2) is 5.98. The van der Waals surface area contributed by atoms with Gasteiger partial charge < -0.3 is 0 Å². The Morgan fingerprint density at radius 2 is 2.13 bits per heavy atom. The number of para-hydroxylation sites is 1. The highest BCUT2D eigenvalue weighted by Gasteiger charge is 2.29. The highest BCUT2D eigenvalue weighted by molar-refractivity contribution is 7.99. The van der Waals surface area contributed by atoms with Crippen LogP contribution in [-0.2, 0) is 0 Å². The molecule has 5 heteroatoms. The summed E-state index contributed by atoms with van der Waals surface area (Å²) in [5.74, 6) is 1.28. The van der Waals surface area contributed by atoms with Crippen molar-refractivity contribution >= 4 is 33.3 Å². The van der Waals surface area contributed by atoms with Crippen LogP contribution in [0.3, 0.4) is 0 Å². The Hall–Kier alpha value is -1.85. The predicted molar refractivity (Wildman–Crippen MR) is 98.1 cm³/mol. The molecular formula is C18H16N2OS2. The summed E-state index contributed by atoms with van der Waals surface area (Å²) in [6.45, 7) is 3.77. The number of benzene rings is 1. The summed E-state index contributed by atoms with van der Waals surface area (Å²) < 4.78 is 1.75. The first-order valence-corrected chi connectivity index (χ1v) is 9.49. The topological polar surface area (TPSA) is 34.9 Å². The molecule has 1 fully saturated rings. The molecule has 0 atom stereocenters. The van der Waals surface area contributed by atoms with Gasteiger partial charge in [-0.2, -0.15) is 0 Å². The molecule has 2 aromatic heterocycles. The zero-order valence-electron chi connectivity index (χ0n) is 12.6. The number of thiophene rings is 1. The molecule has 1 aliphatic rings. The van der Waals surface area contributed by atoms with E-state index >= 15 is 0 Å². The second-order valence-electron chi connectivity index (χ2n) is 5.62. The minimum Gasteiger partial charge on any atom is -0.268 e. The Balaban J connectivity index is 1.99. The van der Waals surface area contributed by atoms with Gasteiger partial charge in [-0.3, -0.25) is 9.36 Å². The molecule has 23 heavy (non-hydrogen) atoms. The predicted octanol–water partition coefficient (Wildman–Crippen LogP) is 4.60. The molecule has 2 heterocycles. The van der Waals surface area contributed by atoms with Crippen LogP contribution >= 0.6 is 23.1 Å². The molecule has 1 aromatic carbocycles. The molecule has 0 amide bonds. The average Bonchev–Trinajstić information content (AvgIpc) is 3.33. The van der Waals surface area contributed by atoms with Crippen LogP contribution in [0.5, 0.6) is 0 Å². The largest absolute Gasteiger partial charge is 0.268 e. The number of hydrogen-bond acceptors (Lipinski definition) is 4. The van der Waals surface area contributed by atoms with Crippen LogP contribution in [0.25, 0.3) is 15.9 Å². The van der Waals surface area contributed by atoms with Crippen LogP contribution in [-0.4, -0.2) is 15.3 Å². The molecule has 3 nitrogen and oxygen atoms in total. The van der Waals surface area contributed by atoms with Crippen LogP contribution in [0.4, 0.5) is 0 Å². The number of rotatable bonds is 5. The zero-order chi connectivity index (χ0) is 15.8. The van der Waals surface area contributed by atoms with Crippen LogP contribution in [0.2, 0.25) is 0 Å². The van der Waals surface area contributed by atoms with Gasteiger partial charge in [-0.25, -0.2) is 4.98 Å². The third-order valence-corrected chi connectivity index (χ3v) is 5.79. The minimum atomic E-state index is 0.0518. The van der Waals surface area contributed by atoms with E-state index < -0.39 is 0 Å². The molecule has 0 aliphatic heterocycles. The highest BCUT2D eigenvalue weighted by Crippen LogP contribution is 2.44. The lowest BCUT2D eigenvalue weighted by Gasteiger charge is -2.11. The molecule has 116 valence electrons. The molecule has 0 saturated heterocycles. The van der Waals surface area contributed by atoms with Crippen molar-refractivity contribution in [3.63, 3.8) is 0 Å². The Kier molecular flexibility index (Phi) is 3.83. The zero-order valence-corrected chi connectivity index (χ0v) is 14.2. The molecule has 0 unspecified atom stereocenters. The number of hydrogen-bond donors (Lipinski definition) is 0.